The van der Waals surface area contributed by atoms with E-state index in [1.807, 2.05) is 13.8 Å². The average Bonchev–Trinajstić information content (AvgIpc) is 3.07. The van der Waals surface area contributed by atoms with E-state index in [1.165, 1.54) is 11.3 Å². The van der Waals surface area contributed by atoms with Gasteiger partial charge >= 0.3 is 0 Å². The fourth-order valence-electron chi connectivity index (χ4n) is 2.20. The van der Waals surface area contributed by atoms with Crippen molar-refractivity contribution in [2.75, 3.05) is 19.8 Å². The van der Waals surface area contributed by atoms with E-state index in [0.29, 0.717) is 18.0 Å². The Morgan fingerprint density at radius 3 is 3.00 bits per heavy atom. The van der Waals surface area contributed by atoms with Gasteiger partial charge in [-0.15, -0.1) is 11.3 Å². The van der Waals surface area contributed by atoms with Crippen LogP contribution >= 0.6 is 11.3 Å². The predicted molar refractivity (Wildman–Crippen MR) is 80.4 cm³/mol. The Morgan fingerprint density at radius 2 is 2.35 bits per heavy atom. The Kier molecular flexibility index (Phi) is 5.57. The second kappa shape index (κ2) is 7.00. The van der Waals surface area contributed by atoms with E-state index in [2.05, 4.69) is 10.0 Å². The largest absolute Gasteiger partial charge is 0.381 e. The van der Waals surface area contributed by atoms with E-state index in [-0.39, 0.29) is 12.0 Å². The summed E-state index contributed by atoms with van der Waals surface area (Å²) < 4.78 is 32.7. The molecule has 1 aromatic heterocycles. The van der Waals surface area contributed by atoms with Crippen LogP contribution in [0, 0.1) is 5.92 Å². The van der Waals surface area contributed by atoms with Crippen molar-refractivity contribution < 1.29 is 13.2 Å². The van der Waals surface area contributed by atoms with Crippen LogP contribution in [0.5, 0.6) is 0 Å². The molecule has 0 spiro atoms. The topological polar surface area (TPSA) is 67.4 Å². The van der Waals surface area contributed by atoms with Gasteiger partial charge in [0.25, 0.3) is 0 Å². The lowest BCUT2D eigenvalue weighted by molar-refractivity contribution is 0.180. The van der Waals surface area contributed by atoms with Gasteiger partial charge in [-0.2, -0.15) is 0 Å². The van der Waals surface area contributed by atoms with Gasteiger partial charge < -0.3 is 10.1 Å². The summed E-state index contributed by atoms with van der Waals surface area (Å²) >= 11 is 1.47. The molecule has 1 aliphatic heterocycles. The number of thiophene rings is 1. The number of nitrogens with one attached hydrogen (secondary N) is 2. The van der Waals surface area contributed by atoms with Gasteiger partial charge in [0.15, 0.2) is 0 Å². The van der Waals surface area contributed by atoms with Crippen molar-refractivity contribution in [1.29, 1.82) is 0 Å². The van der Waals surface area contributed by atoms with Crippen LogP contribution in [0.1, 0.15) is 25.1 Å². The van der Waals surface area contributed by atoms with Crippen LogP contribution < -0.4 is 10.0 Å². The van der Waals surface area contributed by atoms with Crippen molar-refractivity contribution in [3.05, 3.63) is 16.3 Å². The molecule has 7 heteroatoms. The molecule has 5 nitrogen and oxygen atoms in total. The standard InChI is InChI=1S/C13H22N2O3S2/c1-3-14-7-12-6-13(9-19-12)20(16,17)15-10(2)11-4-5-18-8-11/h6,9-11,14-15H,3-5,7-8H2,1-2H3. The Hall–Kier alpha value is -0.470. The molecular formula is C13H22N2O3S2. The van der Waals surface area contributed by atoms with Crippen LogP contribution in [0.25, 0.3) is 0 Å². The quantitative estimate of drug-likeness (QED) is 0.801. The molecule has 0 aliphatic carbocycles. The lowest BCUT2D eigenvalue weighted by Gasteiger charge is -2.18. The van der Waals surface area contributed by atoms with Crippen molar-refractivity contribution in [2.24, 2.45) is 5.92 Å². The Labute approximate surface area is 124 Å². The molecule has 114 valence electrons. The highest BCUT2D eigenvalue weighted by Crippen LogP contribution is 2.22. The number of rotatable bonds is 7. The summed E-state index contributed by atoms with van der Waals surface area (Å²) in [4.78, 5) is 1.39. The van der Waals surface area contributed by atoms with Crippen LogP contribution in [-0.2, 0) is 21.3 Å². The minimum Gasteiger partial charge on any atom is -0.381 e. The first-order valence-electron chi connectivity index (χ1n) is 6.91. The van der Waals surface area contributed by atoms with Crippen LogP contribution in [-0.4, -0.2) is 34.2 Å². The number of sulfonamides is 1. The number of hydrogen-bond donors (Lipinski definition) is 2. The second-order valence-electron chi connectivity index (χ2n) is 5.06. The van der Waals surface area contributed by atoms with Gasteiger partial charge in [-0.3, -0.25) is 0 Å². The summed E-state index contributed by atoms with van der Waals surface area (Å²) in [7, 11) is -3.42. The van der Waals surface area contributed by atoms with Crippen molar-refractivity contribution in [1.82, 2.24) is 10.0 Å². The third kappa shape index (κ3) is 4.02. The molecule has 2 rings (SSSR count). The fraction of sp³-hybridized carbons (Fsp3) is 0.692. The molecule has 0 saturated carbocycles. The molecule has 2 heterocycles. The third-order valence-electron chi connectivity index (χ3n) is 3.50. The van der Waals surface area contributed by atoms with Crippen molar-refractivity contribution in [3.8, 4) is 0 Å². The summed E-state index contributed by atoms with van der Waals surface area (Å²) in [6, 6.07) is 1.65. The summed E-state index contributed by atoms with van der Waals surface area (Å²) in [5.41, 5.74) is 0. The lowest BCUT2D eigenvalue weighted by Crippen LogP contribution is -2.38. The molecular weight excluding hydrogens is 296 g/mol. The smallest absolute Gasteiger partial charge is 0.241 e. The maximum absolute atomic E-state index is 12.3. The van der Waals surface area contributed by atoms with Crippen LogP contribution in [0.4, 0.5) is 0 Å². The highest BCUT2D eigenvalue weighted by atomic mass is 32.2. The van der Waals surface area contributed by atoms with Gasteiger partial charge in [-0.05, 0) is 26.0 Å². The Bertz CT molecular complexity index is 521. The zero-order valence-electron chi connectivity index (χ0n) is 11.9. The normalized spacial score (nSPS) is 21.2. The minimum atomic E-state index is -3.42. The number of hydrogen-bond acceptors (Lipinski definition) is 5. The van der Waals surface area contributed by atoms with Crippen LogP contribution in [0.15, 0.2) is 16.3 Å². The zero-order chi connectivity index (χ0) is 14.6. The van der Waals surface area contributed by atoms with Gasteiger partial charge in [0, 0.05) is 35.4 Å². The summed E-state index contributed by atoms with van der Waals surface area (Å²) in [6.07, 6.45) is 0.916. The molecule has 0 radical (unpaired) electrons. The van der Waals surface area contributed by atoms with Crippen LogP contribution in [0.3, 0.4) is 0 Å². The van der Waals surface area contributed by atoms with Gasteiger partial charge in [-0.1, -0.05) is 6.92 Å². The Balaban J connectivity index is 2.00. The summed E-state index contributed by atoms with van der Waals surface area (Å²) in [6.45, 7) is 6.88. The average molecular weight is 318 g/mol. The molecule has 2 N–H and O–H groups in total. The first kappa shape index (κ1) is 15.9. The minimum absolute atomic E-state index is 0.0976. The van der Waals surface area contributed by atoms with Gasteiger partial charge in [-0.25, -0.2) is 13.1 Å². The number of ether oxygens (including phenoxy) is 1. The fourth-order valence-corrected chi connectivity index (χ4v) is 4.76. The molecule has 0 aromatic carbocycles. The van der Waals surface area contributed by atoms with Gasteiger partial charge in [0.1, 0.15) is 0 Å². The van der Waals surface area contributed by atoms with Gasteiger partial charge in [0.05, 0.1) is 11.5 Å². The molecule has 1 aromatic rings. The van der Waals surface area contributed by atoms with Gasteiger partial charge in [0.2, 0.25) is 10.0 Å². The van der Waals surface area contributed by atoms with E-state index >= 15 is 0 Å². The maximum atomic E-state index is 12.3. The molecule has 0 bridgehead atoms. The third-order valence-corrected chi connectivity index (χ3v) is 6.13. The molecule has 1 fully saturated rings. The predicted octanol–water partition coefficient (Wildman–Crippen LogP) is 1.56. The maximum Gasteiger partial charge on any atom is 0.241 e. The van der Waals surface area contributed by atoms with Crippen LogP contribution in [0.2, 0.25) is 0 Å². The molecule has 2 atom stereocenters. The monoisotopic (exact) mass is 318 g/mol. The second-order valence-corrected chi connectivity index (χ2v) is 7.77. The molecule has 1 saturated heterocycles. The molecule has 2 unspecified atom stereocenters. The van der Waals surface area contributed by atoms with Crippen molar-refractivity contribution >= 4 is 21.4 Å². The van der Waals surface area contributed by atoms with E-state index in [4.69, 9.17) is 4.74 Å². The summed E-state index contributed by atoms with van der Waals surface area (Å²) in [5, 5.41) is 4.89. The van der Waals surface area contributed by atoms with Crippen molar-refractivity contribution in [3.63, 3.8) is 0 Å². The van der Waals surface area contributed by atoms with E-state index in [1.54, 1.807) is 11.4 Å². The first-order chi connectivity index (χ1) is 9.53. The first-order valence-corrected chi connectivity index (χ1v) is 9.27. The lowest BCUT2D eigenvalue weighted by atomic mass is 10.0. The van der Waals surface area contributed by atoms with E-state index < -0.39 is 10.0 Å². The molecule has 1 aliphatic rings. The van der Waals surface area contributed by atoms with Crippen molar-refractivity contribution in [2.45, 2.75) is 37.8 Å². The Morgan fingerprint density at radius 1 is 1.55 bits per heavy atom. The molecule has 20 heavy (non-hydrogen) atoms. The summed E-state index contributed by atoms with van der Waals surface area (Å²) in [5.74, 6) is 0.268. The zero-order valence-corrected chi connectivity index (χ0v) is 13.5. The van der Waals surface area contributed by atoms with E-state index in [9.17, 15) is 8.42 Å². The highest BCUT2D eigenvalue weighted by Gasteiger charge is 2.27. The molecule has 0 amide bonds. The SMILES string of the molecule is CCNCc1cc(S(=O)(=O)NC(C)C2CCOC2)cs1. The van der Waals surface area contributed by atoms with E-state index in [0.717, 1.165) is 24.4 Å². The highest BCUT2D eigenvalue weighted by molar-refractivity contribution is 7.89.